The van der Waals surface area contributed by atoms with E-state index in [1.54, 1.807) is 13.8 Å². The van der Waals surface area contributed by atoms with Crippen LogP contribution in [0.4, 0.5) is 0 Å². The molecule has 156 valence electrons. The van der Waals surface area contributed by atoms with Gasteiger partial charge in [-0.15, -0.1) is 0 Å². The summed E-state index contributed by atoms with van der Waals surface area (Å²) >= 11 is 0.929. The zero-order valence-corrected chi connectivity index (χ0v) is 16.8. The van der Waals surface area contributed by atoms with Crippen LogP contribution in [0.2, 0.25) is 0 Å². The Morgan fingerprint density at radius 2 is 1.70 bits per heavy atom. The Hall–Kier alpha value is -1.49. The van der Waals surface area contributed by atoms with Crippen molar-refractivity contribution in [1.29, 1.82) is 0 Å². The van der Waals surface area contributed by atoms with Crippen LogP contribution in [-0.4, -0.2) is 75.7 Å². The van der Waals surface area contributed by atoms with E-state index in [0.717, 1.165) is 11.8 Å². The van der Waals surface area contributed by atoms with E-state index >= 15 is 0 Å². The van der Waals surface area contributed by atoms with Gasteiger partial charge in [0.25, 0.3) is 0 Å². The van der Waals surface area contributed by atoms with Gasteiger partial charge in [0.2, 0.25) is 11.8 Å². The van der Waals surface area contributed by atoms with Crippen molar-refractivity contribution < 1.29 is 34.5 Å². The fraction of sp³-hybridized carbons (Fsp3) is 0.765. The van der Waals surface area contributed by atoms with Gasteiger partial charge in [-0.3, -0.25) is 19.2 Å². The molecule has 0 bridgehead atoms. The monoisotopic (exact) mass is 406 g/mol. The topological polar surface area (TPSA) is 153 Å². The van der Waals surface area contributed by atoms with E-state index in [9.17, 15) is 24.3 Å². The summed E-state index contributed by atoms with van der Waals surface area (Å²) in [5.41, 5.74) is -0.979. The van der Waals surface area contributed by atoms with Gasteiger partial charge in [0.1, 0.15) is 11.9 Å². The van der Waals surface area contributed by atoms with Crippen molar-refractivity contribution in [2.75, 3.05) is 25.4 Å². The third-order valence-electron chi connectivity index (χ3n) is 3.60. The Bertz CT molecular complexity index is 523. The molecule has 0 fully saturated rings. The van der Waals surface area contributed by atoms with E-state index in [1.165, 1.54) is 6.92 Å². The highest BCUT2D eigenvalue weighted by Gasteiger charge is 2.32. The fourth-order valence-corrected chi connectivity index (χ4v) is 2.59. The van der Waals surface area contributed by atoms with Gasteiger partial charge in [-0.1, -0.05) is 25.6 Å². The lowest BCUT2D eigenvalue weighted by atomic mass is 9.87. The van der Waals surface area contributed by atoms with E-state index in [4.69, 9.17) is 10.2 Å². The molecule has 0 saturated heterocycles. The summed E-state index contributed by atoms with van der Waals surface area (Å²) in [6, 6.07) is 0. The van der Waals surface area contributed by atoms with Crippen molar-refractivity contribution in [2.45, 2.75) is 52.2 Å². The first-order valence-corrected chi connectivity index (χ1v) is 9.67. The molecule has 0 radical (unpaired) electrons. The van der Waals surface area contributed by atoms with Crippen LogP contribution in [0.5, 0.6) is 0 Å². The minimum absolute atomic E-state index is 0.00347. The van der Waals surface area contributed by atoms with Crippen LogP contribution in [0.1, 0.15) is 40.0 Å². The van der Waals surface area contributed by atoms with Crippen molar-refractivity contribution in [3.63, 3.8) is 0 Å². The first-order chi connectivity index (χ1) is 12.5. The molecule has 0 spiro atoms. The number of rotatable bonds is 13. The molecule has 10 heteroatoms. The minimum atomic E-state index is -1.38. The Morgan fingerprint density at radius 3 is 2.26 bits per heavy atom. The van der Waals surface area contributed by atoms with Gasteiger partial charge in [-0.25, -0.2) is 0 Å². The van der Waals surface area contributed by atoms with Crippen LogP contribution in [0.15, 0.2) is 0 Å². The van der Waals surface area contributed by atoms with Crippen LogP contribution < -0.4 is 10.6 Å². The van der Waals surface area contributed by atoms with Gasteiger partial charge in [-0.05, 0) is 6.92 Å². The molecule has 2 amide bonds. The average Bonchev–Trinajstić information content (AvgIpc) is 2.56. The van der Waals surface area contributed by atoms with Crippen molar-refractivity contribution in [2.24, 2.45) is 5.41 Å². The number of aliphatic hydroxyl groups is 3. The zero-order valence-electron chi connectivity index (χ0n) is 16.0. The second kappa shape index (κ2) is 12.8. The van der Waals surface area contributed by atoms with Crippen molar-refractivity contribution >= 4 is 34.5 Å². The number of nitrogens with one attached hydrogen (secondary N) is 2. The zero-order chi connectivity index (χ0) is 21.0. The number of carbonyl (C=O) groups excluding carboxylic acids is 4. The Labute approximate surface area is 163 Å². The van der Waals surface area contributed by atoms with Crippen LogP contribution in [0.3, 0.4) is 0 Å². The number of Topliss-reactive ketones (excluding diaryl/α,β-unsaturated/α-hetero) is 1. The number of ketones is 1. The number of thioether (sulfide) groups is 1. The van der Waals surface area contributed by atoms with E-state index in [0.29, 0.717) is 5.75 Å². The predicted octanol–water partition coefficient (Wildman–Crippen LogP) is -1.02. The molecule has 0 aliphatic rings. The first kappa shape index (κ1) is 25.5. The molecule has 2 atom stereocenters. The SMILES string of the molecule is C[C@@H](O)CC(=O)CC(=O)SCCNC(=O)CCNC(=O)[C@H](O)C(C)(C)CO. The van der Waals surface area contributed by atoms with Crippen LogP contribution >= 0.6 is 11.8 Å². The summed E-state index contributed by atoms with van der Waals surface area (Å²) in [5.74, 6) is -1.01. The van der Waals surface area contributed by atoms with E-state index in [2.05, 4.69) is 10.6 Å². The van der Waals surface area contributed by atoms with Gasteiger partial charge in [0, 0.05) is 37.1 Å². The minimum Gasteiger partial charge on any atom is -0.396 e. The summed E-state index contributed by atoms with van der Waals surface area (Å²) in [4.78, 5) is 46.3. The second-order valence-electron chi connectivity index (χ2n) is 6.93. The third-order valence-corrected chi connectivity index (χ3v) is 4.47. The maximum Gasteiger partial charge on any atom is 0.249 e. The van der Waals surface area contributed by atoms with Gasteiger partial charge in [0.15, 0.2) is 5.12 Å². The quantitative estimate of drug-likeness (QED) is 0.192. The molecule has 0 aromatic rings. The average molecular weight is 407 g/mol. The lowest BCUT2D eigenvalue weighted by Gasteiger charge is -2.27. The predicted molar refractivity (Wildman–Crippen MR) is 101 cm³/mol. The Balaban J connectivity index is 3.88. The molecule has 27 heavy (non-hydrogen) atoms. The molecular formula is C17H30N2O7S. The molecular weight excluding hydrogens is 376 g/mol. The molecule has 0 saturated carbocycles. The largest absolute Gasteiger partial charge is 0.396 e. The number of aliphatic hydroxyl groups excluding tert-OH is 3. The fourth-order valence-electron chi connectivity index (χ4n) is 1.89. The number of carbonyl (C=O) groups is 4. The van der Waals surface area contributed by atoms with E-state index < -0.39 is 23.5 Å². The Morgan fingerprint density at radius 1 is 1.07 bits per heavy atom. The maximum absolute atomic E-state index is 11.7. The normalized spacial score (nSPS) is 13.6. The van der Waals surface area contributed by atoms with E-state index in [1.807, 2.05) is 0 Å². The van der Waals surface area contributed by atoms with Gasteiger partial charge in [-0.2, -0.15) is 0 Å². The molecule has 0 aromatic carbocycles. The van der Waals surface area contributed by atoms with Crippen molar-refractivity contribution in [1.82, 2.24) is 10.6 Å². The lowest BCUT2D eigenvalue weighted by molar-refractivity contribution is -0.137. The lowest BCUT2D eigenvalue weighted by Crippen LogP contribution is -2.46. The van der Waals surface area contributed by atoms with Crippen LogP contribution in [-0.2, 0) is 19.2 Å². The van der Waals surface area contributed by atoms with Gasteiger partial charge >= 0.3 is 0 Å². The molecule has 9 nitrogen and oxygen atoms in total. The molecule has 0 unspecified atom stereocenters. The summed E-state index contributed by atoms with van der Waals surface area (Å²) in [5, 5.41) is 32.7. The molecule has 0 aliphatic carbocycles. The smallest absolute Gasteiger partial charge is 0.249 e. The van der Waals surface area contributed by atoms with Crippen LogP contribution in [0.25, 0.3) is 0 Å². The van der Waals surface area contributed by atoms with Crippen molar-refractivity contribution in [3.8, 4) is 0 Å². The summed E-state index contributed by atoms with van der Waals surface area (Å²) in [6.45, 7) is 4.46. The summed E-state index contributed by atoms with van der Waals surface area (Å²) in [7, 11) is 0. The standard InChI is InChI=1S/C17H30N2O7S/c1-11(21)8-12(22)9-14(24)27-7-6-18-13(23)4-5-19-16(26)15(25)17(2,3)10-20/h11,15,20-21,25H,4-10H2,1-3H3,(H,18,23)(H,19,26)/t11-,15+/m1/s1. The number of hydrogen-bond donors (Lipinski definition) is 5. The molecule has 5 N–H and O–H groups in total. The molecule has 0 aliphatic heterocycles. The highest BCUT2D eigenvalue weighted by Crippen LogP contribution is 2.19. The maximum atomic E-state index is 11.7. The van der Waals surface area contributed by atoms with Crippen molar-refractivity contribution in [3.05, 3.63) is 0 Å². The van der Waals surface area contributed by atoms with E-state index in [-0.39, 0.29) is 55.8 Å². The first-order valence-electron chi connectivity index (χ1n) is 8.68. The molecule has 0 heterocycles. The van der Waals surface area contributed by atoms with Crippen LogP contribution in [0, 0.1) is 5.41 Å². The Kier molecular flexibility index (Phi) is 12.1. The highest BCUT2D eigenvalue weighted by molar-refractivity contribution is 8.13. The van der Waals surface area contributed by atoms with Gasteiger partial charge < -0.3 is 26.0 Å². The molecule has 0 aromatic heterocycles. The third kappa shape index (κ3) is 11.8. The summed E-state index contributed by atoms with van der Waals surface area (Å²) in [6.07, 6.45) is -2.46. The number of hydrogen-bond acceptors (Lipinski definition) is 8. The second-order valence-corrected chi connectivity index (χ2v) is 8.08. The highest BCUT2D eigenvalue weighted by atomic mass is 32.2. The summed E-state index contributed by atoms with van der Waals surface area (Å²) < 4.78 is 0. The van der Waals surface area contributed by atoms with Gasteiger partial charge in [0.05, 0.1) is 19.1 Å². The number of amides is 2. The molecule has 0 rings (SSSR count).